The van der Waals surface area contributed by atoms with E-state index >= 15 is 0 Å². The molecule has 0 aliphatic rings. The molecule has 1 aromatic heterocycles. The molecule has 7 aromatic carbocycles. The van der Waals surface area contributed by atoms with E-state index in [4.69, 9.17) is 0 Å². The van der Waals surface area contributed by atoms with Crippen molar-refractivity contribution in [2.45, 2.75) is 0 Å². The van der Waals surface area contributed by atoms with Crippen LogP contribution in [0.1, 0.15) is 0 Å². The molecule has 5 heteroatoms. The molecule has 0 saturated heterocycles. The van der Waals surface area contributed by atoms with Crippen molar-refractivity contribution in [2.75, 3.05) is 9.80 Å². The Kier molecular flexibility index (Phi) is 7.61. The SMILES string of the molecule is O=c1n(-c2ccc(N(c3ccccc3)c3ccccc3)cc2)c2ccccc2n1-c1ccc(N(c2ccccc2)c2ccccc2)cc1. The van der Waals surface area contributed by atoms with Gasteiger partial charge < -0.3 is 9.80 Å². The molecule has 0 N–H and O–H groups in total. The van der Waals surface area contributed by atoms with Crippen LogP contribution < -0.4 is 15.5 Å². The van der Waals surface area contributed by atoms with E-state index in [1.165, 1.54) is 0 Å². The first-order valence-corrected chi connectivity index (χ1v) is 16.0. The molecule has 48 heavy (non-hydrogen) atoms. The second-order valence-electron chi connectivity index (χ2n) is 11.5. The summed E-state index contributed by atoms with van der Waals surface area (Å²) in [5, 5.41) is 0. The molecule has 0 saturated carbocycles. The highest BCUT2D eigenvalue weighted by Crippen LogP contribution is 2.36. The maximum absolute atomic E-state index is 14.3. The fourth-order valence-corrected chi connectivity index (χ4v) is 6.35. The topological polar surface area (TPSA) is 33.4 Å². The monoisotopic (exact) mass is 620 g/mol. The predicted octanol–water partition coefficient (Wildman–Crippen LogP) is 10.7. The van der Waals surface area contributed by atoms with Gasteiger partial charge in [0.05, 0.1) is 22.4 Å². The van der Waals surface area contributed by atoms with E-state index in [2.05, 4.69) is 82.6 Å². The van der Waals surface area contributed by atoms with Crippen molar-refractivity contribution in [1.82, 2.24) is 9.13 Å². The first-order chi connectivity index (χ1) is 23.8. The fourth-order valence-electron chi connectivity index (χ4n) is 6.35. The lowest BCUT2D eigenvalue weighted by Gasteiger charge is -2.25. The van der Waals surface area contributed by atoms with Crippen LogP contribution in [0, 0.1) is 0 Å². The smallest absolute Gasteiger partial charge is 0.311 e. The van der Waals surface area contributed by atoms with Gasteiger partial charge in [-0.05, 0) is 109 Å². The normalized spacial score (nSPS) is 11.0. The average Bonchev–Trinajstić information content (AvgIpc) is 3.46. The van der Waals surface area contributed by atoms with Gasteiger partial charge >= 0.3 is 5.69 Å². The third-order valence-corrected chi connectivity index (χ3v) is 8.54. The Labute approximate surface area is 279 Å². The van der Waals surface area contributed by atoms with Crippen LogP contribution in [0.5, 0.6) is 0 Å². The maximum Gasteiger partial charge on any atom is 0.338 e. The van der Waals surface area contributed by atoms with Crippen molar-refractivity contribution in [3.05, 3.63) is 205 Å². The highest BCUT2D eigenvalue weighted by atomic mass is 16.1. The number of hydrogen-bond donors (Lipinski definition) is 0. The number of imidazole rings is 1. The van der Waals surface area contributed by atoms with E-state index in [1.807, 2.05) is 121 Å². The predicted molar refractivity (Wildman–Crippen MR) is 198 cm³/mol. The van der Waals surface area contributed by atoms with Crippen LogP contribution in [0.25, 0.3) is 22.4 Å². The van der Waals surface area contributed by atoms with Gasteiger partial charge in [-0.1, -0.05) is 84.9 Å². The number of fused-ring (bicyclic) bond motifs is 1. The van der Waals surface area contributed by atoms with Crippen LogP contribution in [0.3, 0.4) is 0 Å². The van der Waals surface area contributed by atoms with E-state index < -0.39 is 0 Å². The quantitative estimate of drug-likeness (QED) is 0.169. The van der Waals surface area contributed by atoms with Crippen molar-refractivity contribution in [2.24, 2.45) is 0 Å². The minimum Gasteiger partial charge on any atom is -0.311 e. The van der Waals surface area contributed by atoms with E-state index in [9.17, 15) is 4.79 Å². The van der Waals surface area contributed by atoms with E-state index in [0.29, 0.717) is 0 Å². The molecule has 0 spiro atoms. The van der Waals surface area contributed by atoms with Gasteiger partial charge in [-0.25, -0.2) is 4.79 Å². The lowest BCUT2D eigenvalue weighted by molar-refractivity contribution is 0.930. The van der Waals surface area contributed by atoms with Gasteiger partial charge in [0, 0.05) is 34.1 Å². The molecule has 0 bridgehead atoms. The molecule has 8 rings (SSSR count). The van der Waals surface area contributed by atoms with Crippen molar-refractivity contribution in [3.63, 3.8) is 0 Å². The fraction of sp³-hybridized carbons (Fsp3) is 0. The molecule has 8 aromatic rings. The number of hydrogen-bond acceptors (Lipinski definition) is 3. The first-order valence-electron chi connectivity index (χ1n) is 16.0. The molecule has 0 atom stereocenters. The molecular formula is C43H32N4O. The summed E-state index contributed by atoms with van der Waals surface area (Å²) >= 11 is 0. The minimum atomic E-state index is -0.123. The maximum atomic E-state index is 14.3. The Balaban J connectivity index is 1.19. The Hall–Kier alpha value is -6.59. The summed E-state index contributed by atoms with van der Waals surface area (Å²) in [5.74, 6) is 0. The highest BCUT2D eigenvalue weighted by molar-refractivity contribution is 5.82. The molecule has 0 unspecified atom stereocenters. The number of aromatic nitrogens is 2. The molecule has 0 aliphatic heterocycles. The van der Waals surface area contributed by atoms with Crippen molar-refractivity contribution < 1.29 is 0 Å². The third kappa shape index (κ3) is 5.33. The van der Waals surface area contributed by atoms with Gasteiger partial charge in [0.15, 0.2) is 0 Å². The van der Waals surface area contributed by atoms with E-state index in [-0.39, 0.29) is 5.69 Å². The van der Waals surface area contributed by atoms with Crippen LogP contribution >= 0.6 is 0 Å². The van der Waals surface area contributed by atoms with Gasteiger partial charge in [-0.15, -0.1) is 0 Å². The summed E-state index contributed by atoms with van der Waals surface area (Å²) in [6.45, 7) is 0. The zero-order chi connectivity index (χ0) is 32.3. The third-order valence-electron chi connectivity index (χ3n) is 8.54. The van der Waals surface area contributed by atoms with Crippen LogP contribution in [-0.4, -0.2) is 9.13 Å². The molecule has 0 radical (unpaired) electrons. The molecule has 0 aliphatic carbocycles. The Morgan fingerprint density at radius 3 is 0.833 bits per heavy atom. The number of para-hydroxylation sites is 6. The second kappa shape index (κ2) is 12.7. The second-order valence-corrected chi connectivity index (χ2v) is 11.5. The lowest BCUT2D eigenvalue weighted by atomic mass is 10.2. The summed E-state index contributed by atoms with van der Waals surface area (Å²) in [6.07, 6.45) is 0. The van der Waals surface area contributed by atoms with Gasteiger partial charge in [-0.2, -0.15) is 0 Å². The van der Waals surface area contributed by atoms with Crippen molar-refractivity contribution >= 4 is 45.2 Å². The zero-order valence-electron chi connectivity index (χ0n) is 26.2. The van der Waals surface area contributed by atoms with Gasteiger partial charge in [-0.3, -0.25) is 9.13 Å². The molecular weight excluding hydrogens is 589 g/mol. The summed E-state index contributed by atoms with van der Waals surface area (Å²) in [5.41, 5.74) is 9.43. The number of benzene rings is 7. The summed E-state index contributed by atoms with van der Waals surface area (Å²) < 4.78 is 3.59. The van der Waals surface area contributed by atoms with E-state index in [1.54, 1.807) is 9.13 Å². The first kappa shape index (κ1) is 28.9. The average molecular weight is 621 g/mol. The minimum absolute atomic E-state index is 0.123. The summed E-state index contributed by atoms with van der Waals surface area (Å²) in [4.78, 5) is 18.7. The van der Waals surface area contributed by atoms with Crippen molar-refractivity contribution in [3.8, 4) is 11.4 Å². The van der Waals surface area contributed by atoms with Crippen LogP contribution in [0.4, 0.5) is 34.1 Å². The highest BCUT2D eigenvalue weighted by Gasteiger charge is 2.18. The largest absolute Gasteiger partial charge is 0.338 e. The van der Waals surface area contributed by atoms with Gasteiger partial charge in [0.1, 0.15) is 0 Å². The Morgan fingerprint density at radius 2 is 0.542 bits per heavy atom. The van der Waals surface area contributed by atoms with Crippen LogP contribution in [-0.2, 0) is 0 Å². The van der Waals surface area contributed by atoms with Crippen LogP contribution in [0.2, 0.25) is 0 Å². The molecule has 0 amide bonds. The number of rotatable bonds is 8. The molecule has 1 heterocycles. The van der Waals surface area contributed by atoms with E-state index in [0.717, 1.165) is 56.5 Å². The number of anilines is 6. The number of nitrogens with zero attached hydrogens (tertiary/aromatic N) is 4. The Bertz CT molecular complexity index is 2090. The Morgan fingerprint density at radius 1 is 0.292 bits per heavy atom. The molecule has 5 nitrogen and oxygen atoms in total. The standard InChI is InChI=1S/C43H32N4O/c48-43-46(39-29-25-37(26-30-39)44(33-15-5-1-6-16-33)34-17-7-2-8-18-34)41-23-13-14-24-42(41)47(43)40-31-27-38(28-32-40)45(35-19-9-3-10-20-35)36-21-11-4-12-22-36/h1-32H. The summed E-state index contributed by atoms with van der Waals surface area (Å²) in [6, 6.07) is 65.6. The molecule has 0 fully saturated rings. The summed E-state index contributed by atoms with van der Waals surface area (Å²) in [7, 11) is 0. The lowest BCUT2D eigenvalue weighted by Crippen LogP contribution is -2.22. The van der Waals surface area contributed by atoms with Gasteiger partial charge in [0.2, 0.25) is 0 Å². The van der Waals surface area contributed by atoms with Crippen molar-refractivity contribution in [1.29, 1.82) is 0 Å². The zero-order valence-corrected chi connectivity index (χ0v) is 26.2. The van der Waals surface area contributed by atoms with Gasteiger partial charge in [0.25, 0.3) is 0 Å². The molecule has 230 valence electrons. The van der Waals surface area contributed by atoms with Crippen LogP contribution in [0.15, 0.2) is 199 Å².